The summed E-state index contributed by atoms with van der Waals surface area (Å²) in [5.74, 6) is 11.1. The monoisotopic (exact) mass is 263 g/mol. The summed E-state index contributed by atoms with van der Waals surface area (Å²) in [6, 6.07) is -0.316. The SMILES string of the molecule is CCCC#CC#CC1(C)OC2OC(=O)NC2CC1O. The lowest BCUT2D eigenvalue weighted by atomic mass is 9.90. The molecule has 5 nitrogen and oxygen atoms in total. The quantitative estimate of drug-likeness (QED) is 0.686. The summed E-state index contributed by atoms with van der Waals surface area (Å²) in [6.07, 6.45) is 0.110. The molecule has 1 amide bonds. The van der Waals surface area contributed by atoms with Crippen LogP contribution in [0.25, 0.3) is 0 Å². The van der Waals surface area contributed by atoms with Gasteiger partial charge in [0.25, 0.3) is 0 Å². The van der Waals surface area contributed by atoms with Gasteiger partial charge < -0.3 is 19.9 Å². The van der Waals surface area contributed by atoms with E-state index in [9.17, 15) is 9.90 Å². The van der Waals surface area contributed by atoms with Crippen LogP contribution >= 0.6 is 0 Å². The van der Waals surface area contributed by atoms with Crippen molar-refractivity contribution >= 4 is 6.09 Å². The summed E-state index contributed by atoms with van der Waals surface area (Å²) in [5, 5.41) is 12.7. The molecule has 2 rings (SSSR count). The first kappa shape index (κ1) is 13.7. The van der Waals surface area contributed by atoms with E-state index in [-0.39, 0.29) is 6.04 Å². The average Bonchev–Trinajstić information content (AvgIpc) is 2.69. The first-order valence-corrected chi connectivity index (χ1v) is 6.38. The Kier molecular flexibility index (Phi) is 3.99. The average molecular weight is 263 g/mol. The molecule has 0 spiro atoms. The van der Waals surface area contributed by atoms with Gasteiger partial charge in [-0.05, 0) is 25.2 Å². The van der Waals surface area contributed by atoms with Gasteiger partial charge >= 0.3 is 6.09 Å². The molecule has 0 aromatic heterocycles. The van der Waals surface area contributed by atoms with Crippen molar-refractivity contribution in [1.29, 1.82) is 0 Å². The Hall–Kier alpha value is -1.69. The third-order valence-corrected chi connectivity index (χ3v) is 3.17. The zero-order valence-corrected chi connectivity index (χ0v) is 11.0. The largest absolute Gasteiger partial charge is 0.417 e. The number of hydrogen-bond acceptors (Lipinski definition) is 4. The topological polar surface area (TPSA) is 67.8 Å². The molecule has 0 radical (unpaired) electrons. The summed E-state index contributed by atoms with van der Waals surface area (Å²) in [7, 11) is 0. The Morgan fingerprint density at radius 2 is 2.32 bits per heavy atom. The highest BCUT2D eigenvalue weighted by Crippen LogP contribution is 2.31. The number of aliphatic hydroxyl groups excluding tert-OH is 1. The smallest absolute Gasteiger partial charge is 0.409 e. The second-order valence-corrected chi connectivity index (χ2v) is 4.80. The molecule has 0 aromatic carbocycles. The molecule has 4 unspecified atom stereocenters. The first-order valence-electron chi connectivity index (χ1n) is 6.38. The molecule has 2 aliphatic rings. The van der Waals surface area contributed by atoms with Gasteiger partial charge in [-0.25, -0.2) is 4.79 Å². The fraction of sp³-hybridized carbons (Fsp3) is 0.643. The lowest BCUT2D eigenvalue weighted by Gasteiger charge is -2.38. The van der Waals surface area contributed by atoms with Crippen molar-refractivity contribution < 1.29 is 19.4 Å². The minimum Gasteiger partial charge on any atom is -0.417 e. The number of carbonyl (C=O) groups is 1. The van der Waals surface area contributed by atoms with Crippen molar-refractivity contribution in [3.05, 3.63) is 0 Å². The number of hydrogen-bond donors (Lipinski definition) is 2. The van der Waals surface area contributed by atoms with Crippen molar-refractivity contribution in [2.75, 3.05) is 0 Å². The minimum atomic E-state index is -1.06. The number of ether oxygens (including phenoxy) is 2. The zero-order valence-electron chi connectivity index (χ0n) is 11.0. The Bertz CT molecular complexity index is 481. The van der Waals surface area contributed by atoms with E-state index in [1.807, 2.05) is 6.92 Å². The van der Waals surface area contributed by atoms with Crippen LogP contribution in [0.1, 0.15) is 33.1 Å². The summed E-state index contributed by atoms with van der Waals surface area (Å²) in [6.45, 7) is 3.72. The molecule has 0 saturated carbocycles. The standard InChI is InChI=1S/C14H17NO4/c1-3-4-5-6-7-8-14(2)11(16)9-10-12(19-14)18-13(17)15-10/h10-12,16H,3-4,9H2,1-2H3,(H,15,17). The minimum absolute atomic E-state index is 0.316. The van der Waals surface area contributed by atoms with Gasteiger partial charge in [-0.15, -0.1) is 0 Å². The predicted octanol–water partition coefficient (Wildman–Crippen LogP) is 0.768. The maximum Gasteiger partial charge on any atom is 0.409 e. The van der Waals surface area contributed by atoms with Gasteiger partial charge in [-0.3, -0.25) is 0 Å². The Balaban J connectivity index is 2.06. The van der Waals surface area contributed by atoms with E-state index in [0.717, 1.165) is 12.8 Å². The van der Waals surface area contributed by atoms with Gasteiger partial charge in [0.15, 0.2) is 5.60 Å². The van der Waals surface area contributed by atoms with Gasteiger partial charge in [0.1, 0.15) is 0 Å². The predicted molar refractivity (Wildman–Crippen MR) is 67.8 cm³/mol. The summed E-state index contributed by atoms with van der Waals surface area (Å²) in [5.41, 5.74) is -1.06. The summed E-state index contributed by atoms with van der Waals surface area (Å²) < 4.78 is 10.6. The number of aliphatic hydroxyl groups is 1. The van der Waals surface area contributed by atoms with Gasteiger partial charge in [0, 0.05) is 12.8 Å². The molecule has 4 atom stereocenters. The highest BCUT2D eigenvalue weighted by atomic mass is 16.7. The third-order valence-electron chi connectivity index (χ3n) is 3.17. The van der Waals surface area contributed by atoms with E-state index in [1.165, 1.54) is 0 Å². The second kappa shape index (κ2) is 5.52. The van der Waals surface area contributed by atoms with Crippen molar-refractivity contribution in [2.45, 2.75) is 57.1 Å². The molecule has 2 saturated heterocycles. The van der Waals surface area contributed by atoms with Crippen LogP contribution in [0.4, 0.5) is 4.79 Å². The van der Waals surface area contributed by atoms with Crippen molar-refractivity contribution in [2.24, 2.45) is 0 Å². The maximum atomic E-state index is 11.1. The van der Waals surface area contributed by atoms with Crippen LogP contribution in [-0.4, -0.2) is 35.2 Å². The van der Waals surface area contributed by atoms with Crippen LogP contribution in [0.15, 0.2) is 0 Å². The molecule has 0 aromatic rings. The molecular formula is C14H17NO4. The highest BCUT2D eigenvalue weighted by Gasteiger charge is 2.49. The van der Waals surface area contributed by atoms with Crippen LogP contribution in [0, 0.1) is 23.7 Å². The van der Waals surface area contributed by atoms with Crippen LogP contribution in [0.3, 0.4) is 0 Å². The molecule has 2 fully saturated rings. The number of carbonyl (C=O) groups excluding carboxylic acids is 1. The number of rotatable bonds is 1. The fourth-order valence-corrected chi connectivity index (χ4v) is 2.00. The molecule has 0 aliphatic carbocycles. The van der Waals surface area contributed by atoms with Crippen LogP contribution in [0.2, 0.25) is 0 Å². The van der Waals surface area contributed by atoms with E-state index in [0.29, 0.717) is 6.42 Å². The number of amides is 1. The van der Waals surface area contributed by atoms with Gasteiger partial charge in [0.05, 0.1) is 12.1 Å². The summed E-state index contributed by atoms with van der Waals surface area (Å²) in [4.78, 5) is 11.1. The molecule has 19 heavy (non-hydrogen) atoms. The van der Waals surface area contributed by atoms with Crippen molar-refractivity contribution in [3.8, 4) is 23.7 Å². The zero-order chi connectivity index (χ0) is 13.9. The molecule has 102 valence electrons. The van der Waals surface area contributed by atoms with Crippen LogP contribution < -0.4 is 5.32 Å². The van der Waals surface area contributed by atoms with E-state index in [1.54, 1.807) is 6.92 Å². The molecule has 2 aliphatic heterocycles. The van der Waals surface area contributed by atoms with Gasteiger partial charge in [-0.1, -0.05) is 18.8 Å². The normalized spacial score (nSPS) is 35.9. The number of nitrogens with one attached hydrogen (secondary N) is 1. The Morgan fingerprint density at radius 3 is 3.05 bits per heavy atom. The molecular weight excluding hydrogens is 246 g/mol. The number of alkyl carbamates (subject to hydrolysis) is 1. The second-order valence-electron chi connectivity index (χ2n) is 4.80. The van der Waals surface area contributed by atoms with Crippen LogP contribution in [0.5, 0.6) is 0 Å². The molecule has 2 heterocycles. The summed E-state index contributed by atoms with van der Waals surface area (Å²) >= 11 is 0. The maximum absolute atomic E-state index is 11.1. The number of unbranched alkanes of at least 4 members (excludes halogenated alkanes) is 1. The lowest BCUT2D eigenvalue weighted by Crippen LogP contribution is -2.55. The van der Waals surface area contributed by atoms with E-state index < -0.39 is 24.1 Å². The van der Waals surface area contributed by atoms with E-state index in [4.69, 9.17) is 9.47 Å². The number of fused-ring (bicyclic) bond motifs is 1. The van der Waals surface area contributed by atoms with E-state index >= 15 is 0 Å². The molecule has 2 N–H and O–H groups in total. The van der Waals surface area contributed by atoms with Gasteiger partial charge in [0.2, 0.25) is 6.29 Å². The third kappa shape index (κ3) is 3.01. The van der Waals surface area contributed by atoms with E-state index in [2.05, 4.69) is 29.0 Å². The Labute approximate surface area is 112 Å². The molecule has 0 bridgehead atoms. The highest BCUT2D eigenvalue weighted by molar-refractivity contribution is 5.70. The fourth-order valence-electron chi connectivity index (χ4n) is 2.00. The van der Waals surface area contributed by atoms with Crippen molar-refractivity contribution in [1.82, 2.24) is 5.32 Å². The Morgan fingerprint density at radius 1 is 1.53 bits per heavy atom. The van der Waals surface area contributed by atoms with Crippen molar-refractivity contribution in [3.63, 3.8) is 0 Å². The molecule has 5 heteroatoms. The van der Waals surface area contributed by atoms with Gasteiger partial charge in [-0.2, -0.15) is 0 Å². The first-order chi connectivity index (χ1) is 9.05. The van der Waals surface area contributed by atoms with Crippen LogP contribution in [-0.2, 0) is 9.47 Å². The lowest BCUT2D eigenvalue weighted by molar-refractivity contribution is -0.215.